The highest BCUT2D eigenvalue weighted by Crippen LogP contribution is 2.41. The maximum absolute atomic E-state index is 11.3. The molecule has 0 aromatic rings. The normalized spacial score (nSPS) is 12.4. The van der Waals surface area contributed by atoms with Gasteiger partial charge in [-0.2, -0.15) is 0 Å². The predicted octanol–water partition coefficient (Wildman–Crippen LogP) is 6.26. The molecule has 150 valence electrons. The van der Waals surface area contributed by atoms with Gasteiger partial charge in [-0.25, -0.2) is 4.79 Å². The Hall–Kier alpha value is -1.35. The molecule has 0 aliphatic heterocycles. The van der Waals surface area contributed by atoms with Crippen LogP contribution in [0.4, 0.5) is 0 Å². The van der Waals surface area contributed by atoms with Gasteiger partial charge in [0, 0.05) is 19.1 Å². The molecule has 0 rings (SSSR count). The molecule has 0 saturated heterocycles. The van der Waals surface area contributed by atoms with Crippen LogP contribution in [0.3, 0.4) is 0 Å². The van der Waals surface area contributed by atoms with E-state index in [0.29, 0.717) is 18.6 Å². The van der Waals surface area contributed by atoms with Gasteiger partial charge in [-0.1, -0.05) is 64.5 Å². The average molecular weight is 365 g/mol. The summed E-state index contributed by atoms with van der Waals surface area (Å²) < 4.78 is 10.5. The zero-order valence-corrected chi connectivity index (χ0v) is 17.4. The van der Waals surface area contributed by atoms with Crippen LogP contribution >= 0.6 is 0 Å². The van der Waals surface area contributed by atoms with E-state index >= 15 is 0 Å². The molecule has 0 aliphatic rings. The van der Waals surface area contributed by atoms with Gasteiger partial charge in [-0.05, 0) is 43.9 Å². The third-order valence-electron chi connectivity index (χ3n) is 5.18. The van der Waals surface area contributed by atoms with Crippen molar-refractivity contribution in [2.75, 3.05) is 20.3 Å². The smallest absolute Gasteiger partial charge is 0.330 e. The van der Waals surface area contributed by atoms with Crippen LogP contribution in [0.2, 0.25) is 0 Å². The number of carbonyl (C=O) groups excluding carboxylic acids is 1. The molecule has 0 fully saturated rings. The fourth-order valence-corrected chi connectivity index (χ4v) is 3.81. The molecule has 0 aromatic carbocycles. The van der Waals surface area contributed by atoms with Crippen LogP contribution in [0, 0.1) is 11.3 Å². The second-order valence-electron chi connectivity index (χ2n) is 7.41. The lowest BCUT2D eigenvalue weighted by Crippen LogP contribution is -2.23. The largest absolute Gasteiger partial charge is 0.462 e. The lowest BCUT2D eigenvalue weighted by atomic mass is 9.71. The molecule has 0 N–H and O–H groups in total. The summed E-state index contributed by atoms with van der Waals surface area (Å²) in [5, 5.41) is 0. The summed E-state index contributed by atoms with van der Waals surface area (Å²) in [6, 6.07) is 0. The molecule has 3 heteroatoms. The molecular weight excluding hydrogens is 324 g/mol. The molecular formula is C23H40O3. The van der Waals surface area contributed by atoms with Gasteiger partial charge in [0.15, 0.2) is 0 Å². The molecule has 1 atom stereocenters. The highest BCUT2D eigenvalue weighted by Gasteiger charge is 2.28. The maximum atomic E-state index is 11.3. The van der Waals surface area contributed by atoms with Gasteiger partial charge in [-0.15, -0.1) is 0 Å². The third kappa shape index (κ3) is 10.6. The first-order chi connectivity index (χ1) is 12.5. The van der Waals surface area contributed by atoms with Crippen molar-refractivity contribution >= 4 is 5.97 Å². The quantitative estimate of drug-likeness (QED) is 0.174. The van der Waals surface area contributed by atoms with E-state index in [1.54, 1.807) is 7.11 Å². The fourth-order valence-electron chi connectivity index (χ4n) is 3.81. The summed E-state index contributed by atoms with van der Waals surface area (Å²) in [7, 11) is 1.70. The first-order valence-electron chi connectivity index (χ1n) is 10.0. The van der Waals surface area contributed by atoms with Gasteiger partial charge in [0.2, 0.25) is 0 Å². The highest BCUT2D eigenvalue weighted by molar-refractivity contribution is 5.81. The van der Waals surface area contributed by atoms with Crippen LogP contribution in [-0.2, 0) is 14.3 Å². The Bertz CT molecular complexity index is 419. The topological polar surface area (TPSA) is 35.5 Å². The molecule has 0 bridgehead atoms. The third-order valence-corrected chi connectivity index (χ3v) is 5.18. The van der Waals surface area contributed by atoms with Crippen LogP contribution < -0.4 is 0 Å². The van der Waals surface area contributed by atoms with E-state index in [4.69, 9.17) is 9.47 Å². The van der Waals surface area contributed by atoms with E-state index in [1.165, 1.54) is 44.6 Å². The monoisotopic (exact) mass is 364 g/mol. The van der Waals surface area contributed by atoms with Gasteiger partial charge < -0.3 is 9.47 Å². The van der Waals surface area contributed by atoms with Gasteiger partial charge in [0.25, 0.3) is 0 Å². The van der Waals surface area contributed by atoms with Crippen molar-refractivity contribution in [2.45, 2.75) is 71.6 Å². The molecule has 0 aliphatic carbocycles. The zero-order chi connectivity index (χ0) is 19.8. The van der Waals surface area contributed by atoms with Crippen LogP contribution in [0.15, 0.2) is 37.5 Å². The number of esters is 1. The number of methoxy groups -OCH3 is 1. The number of hydrogen-bond donors (Lipinski definition) is 0. The Morgan fingerprint density at radius 1 is 1.04 bits per heavy atom. The predicted molar refractivity (Wildman–Crippen MR) is 111 cm³/mol. The lowest BCUT2D eigenvalue weighted by molar-refractivity contribution is -0.139. The molecule has 26 heavy (non-hydrogen) atoms. The van der Waals surface area contributed by atoms with Crippen molar-refractivity contribution in [3.05, 3.63) is 37.5 Å². The van der Waals surface area contributed by atoms with Gasteiger partial charge in [0.05, 0.1) is 13.2 Å². The summed E-state index contributed by atoms with van der Waals surface area (Å²) in [5.41, 5.74) is 1.51. The first-order valence-corrected chi connectivity index (χ1v) is 10.0. The Kier molecular flexibility index (Phi) is 14.0. The van der Waals surface area contributed by atoms with Crippen LogP contribution in [0.5, 0.6) is 0 Å². The number of allylic oxidation sites excluding steroid dienone is 2. The van der Waals surface area contributed by atoms with E-state index in [9.17, 15) is 4.79 Å². The Labute approximate surface area is 161 Å². The average Bonchev–Trinajstić information content (AvgIpc) is 2.64. The van der Waals surface area contributed by atoms with E-state index in [1.807, 2.05) is 6.08 Å². The molecule has 0 aromatic heterocycles. The molecule has 3 nitrogen and oxygen atoms in total. The first kappa shape index (κ1) is 24.7. The van der Waals surface area contributed by atoms with Crippen molar-refractivity contribution in [2.24, 2.45) is 11.3 Å². The number of ether oxygens (including phenoxy) is 2. The van der Waals surface area contributed by atoms with Crippen molar-refractivity contribution in [1.82, 2.24) is 0 Å². The number of carbonyl (C=O) groups is 1. The van der Waals surface area contributed by atoms with Gasteiger partial charge in [-0.3, -0.25) is 0 Å². The van der Waals surface area contributed by atoms with Crippen molar-refractivity contribution in [1.29, 1.82) is 0 Å². The Morgan fingerprint density at radius 3 is 2.19 bits per heavy atom. The van der Waals surface area contributed by atoms with Crippen molar-refractivity contribution in [3.63, 3.8) is 0 Å². The summed E-state index contributed by atoms with van der Waals surface area (Å²) >= 11 is 0. The second kappa shape index (κ2) is 14.8. The summed E-state index contributed by atoms with van der Waals surface area (Å²) in [6.45, 7) is 16.9. The maximum Gasteiger partial charge on any atom is 0.330 e. The van der Waals surface area contributed by atoms with E-state index in [0.717, 1.165) is 24.8 Å². The SMILES string of the molecule is C=CC(=C)CCC(CCC)(CCC)CCCC(COC)COC(=O)C=C. The van der Waals surface area contributed by atoms with Crippen molar-refractivity contribution in [3.8, 4) is 0 Å². The van der Waals surface area contributed by atoms with E-state index in [-0.39, 0.29) is 11.9 Å². The Balaban J connectivity index is 4.74. The Morgan fingerprint density at radius 2 is 1.69 bits per heavy atom. The van der Waals surface area contributed by atoms with Crippen LogP contribution in [0.1, 0.15) is 71.6 Å². The molecule has 0 saturated carbocycles. The molecule has 0 amide bonds. The van der Waals surface area contributed by atoms with Gasteiger partial charge in [0.1, 0.15) is 0 Å². The standard InChI is InChI=1S/C23H40O3/c1-7-14-23(15-8-2,17-13-20(5)9-3)16-11-12-21(18-25-6)19-26-22(24)10-4/h9-10,21H,3-5,7-8,11-19H2,1-2,6H3. The molecule has 0 radical (unpaired) electrons. The van der Waals surface area contributed by atoms with Crippen molar-refractivity contribution < 1.29 is 14.3 Å². The summed E-state index contributed by atoms with van der Waals surface area (Å²) in [6.07, 6.45) is 13.6. The minimum atomic E-state index is -0.361. The number of rotatable bonds is 17. The van der Waals surface area contributed by atoms with Crippen LogP contribution in [-0.4, -0.2) is 26.3 Å². The molecule has 1 unspecified atom stereocenters. The minimum absolute atomic E-state index is 0.244. The number of hydrogen-bond acceptors (Lipinski definition) is 3. The molecule has 0 heterocycles. The van der Waals surface area contributed by atoms with Crippen LogP contribution in [0.25, 0.3) is 0 Å². The fraction of sp³-hybridized carbons (Fsp3) is 0.696. The zero-order valence-electron chi connectivity index (χ0n) is 17.4. The highest BCUT2D eigenvalue weighted by atomic mass is 16.5. The van der Waals surface area contributed by atoms with Gasteiger partial charge >= 0.3 is 5.97 Å². The summed E-state index contributed by atoms with van der Waals surface area (Å²) in [5.74, 6) is -0.117. The minimum Gasteiger partial charge on any atom is -0.462 e. The summed E-state index contributed by atoms with van der Waals surface area (Å²) in [4.78, 5) is 11.3. The van der Waals surface area contributed by atoms with E-state index < -0.39 is 0 Å². The van der Waals surface area contributed by atoms with E-state index in [2.05, 4.69) is 33.6 Å². The lowest BCUT2D eigenvalue weighted by Gasteiger charge is -2.35. The molecule has 0 spiro atoms. The second-order valence-corrected chi connectivity index (χ2v) is 7.41.